The number of rotatable bonds is 2. The van der Waals surface area contributed by atoms with Crippen LogP contribution in [0.4, 0.5) is 0 Å². The van der Waals surface area contributed by atoms with Gasteiger partial charge in [-0.05, 0) is 32.7 Å². The van der Waals surface area contributed by atoms with Crippen molar-refractivity contribution < 1.29 is 5.11 Å². The third-order valence-electron chi connectivity index (χ3n) is 2.67. The van der Waals surface area contributed by atoms with E-state index in [0.717, 1.165) is 19.5 Å². The zero-order valence-electron chi connectivity index (χ0n) is 7.70. The molecule has 0 saturated carbocycles. The fourth-order valence-electron chi connectivity index (χ4n) is 1.64. The molecule has 0 radical (unpaired) electrons. The summed E-state index contributed by atoms with van der Waals surface area (Å²) in [7, 11) is 0. The molecule has 0 spiro atoms. The highest BCUT2D eigenvalue weighted by Gasteiger charge is 2.28. The number of hydrogen-bond donors (Lipinski definition) is 1. The Hall–Kier alpha value is -0.590. The Morgan fingerprint density at radius 1 is 1.58 bits per heavy atom. The summed E-state index contributed by atoms with van der Waals surface area (Å²) >= 11 is 0. The second-order valence-corrected chi connectivity index (χ2v) is 3.59. The topological polar surface area (TPSA) is 47.3 Å². The van der Waals surface area contributed by atoms with Gasteiger partial charge < -0.3 is 5.11 Å². The molecule has 1 fully saturated rings. The summed E-state index contributed by atoms with van der Waals surface area (Å²) in [5.74, 6) is 0.362. The first-order valence-corrected chi connectivity index (χ1v) is 4.47. The summed E-state index contributed by atoms with van der Waals surface area (Å²) in [6.45, 7) is 5.55. The molecule has 0 aliphatic carbocycles. The van der Waals surface area contributed by atoms with Crippen LogP contribution in [0.25, 0.3) is 0 Å². The van der Waals surface area contributed by atoms with Crippen molar-refractivity contribution in [3.05, 3.63) is 0 Å². The van der Waals surface area contributed by atoms with Gasteiger partial charge in [0.15, 0.2) is 0 Å². The lowest BCUT2D eigenvalue weighted by atomic mass is 10.0. The molecule has 12 heavy (non-hydrogen) atoms. The Balaban J connectivity index is 2.41. The molecule has 1 saturated heterocycles. The van der Waals surface area contributed by atoms with Crippen LogP contribution in [0, 0.1) is 17.2 Å². The zero-order valence-corrected chi connectivity index (χ0v) is 7.70. The number of aliphatic hydroxyl groups is 1. The molecular weight excluding hydrogens is 152 g/mol. The van der Waals surface area contributed by atoms with Crippen molar-refractivity contribution in [2.24, 2.45) is 5.92 Å². The van der Waals surface area contributed by atoms with Crippen LogP contribution < -0.4 is 0 Å². The van der Waals surface area contributed by atoms with Crippen LogP contribution in [0.1, 0.15) is 20.3 Å². The van der Waals surface area contributed by atoms with Gasteiger partial charge in [0.05, 0.1) is 18.2 Å². The zero-order chi connectivity index (χ0) is 9.14. The smallest absolute Gasteiger partial charge is 0.0949 e. The first-order valence-electron chi connectivity index (χ1n) is 4.47. The van der Waals surface area contributed by atoms with Gasteiger partial charge in [-0.15, -0.1) is 0 Å². The molecule has 0 aromatic carbocycles. The lowest BCUT2D eigenvalue weighted by molar-refractivity contribution is 0.126. The quantitative estimate of drug-likeness (QED) is 0.657. The molecule has 1 aliphatic rings. The van der Waals surface area contributed by atoms with Crippen molar-refractivity contribution in [3.8, 4) is 6.07 Å². The largest absolute Gasteiger partial charge is 0.393 e. The molecule has 3 atom stereocenters. The highest BCUT2D eigenvalue weighted by molar-refractivity contribution is 4.92. The van der Waals surface area contributed by atoms with E-state index in [1.165, 1.54) is 0 Å². The van der Waals surface area contributed by atoms with E-state index in [-0.39, 0.29) is 12.1 Å². The van der Waals surface area contributed by atoms with Gasteiger partial charge in [0.1, 0.15) is 0 Å². The minimum atomic E-state index is -0.235. The van der Waals surface area contributed by atoms with Crippen LogP contribution in [0.15, 0.2) is 0 Å². The second kappa shape index (κ2) is 3.88. The maximum absolute atomic E-state index is 9.31. The van der Waals surface area contributed by atoms with E-state index in [2.05, 4.69) is 11.0 Å². The van der Waals surface area contributed by atoms with Crippen molar-refractivity contribution in [1.82, 2.24) is 4.90 Å². The second-order valence-electron chi connectivity index (χ2n) is 3.59. The minimum absolute atomic E-state index is 0.00579. The van der Waals surface area contributed by atoms with Gasteiger partial charge in [-0.2, -0.15) is 5.26 Å². The van der Waals surface area contributed by atoms with Gasteiger partial charge in [0.2, 0.25) is 0 Å². The van der Waals surface area contributed by atoms with Crippen LogP contribution in [-0.2, 0) is 0 Å². The molecular formula is C9H16N2O. The van der Waals surface area contributed by atoms with Gasteiger partial charge in [-0.3, -0.25) is 4.90 Å². The first kappa shape index (κ1) is 9.50. The Kier molecular flexibility index (Phi) is 3.07. The van der Waals surface area contributed by atoms with Gasteiger partial charge in [0, 0.05) is 6.54 Å². The highest BCUT2D eigenvalue weighted by Crippen LogP contribution is 2.20. The number of hydrogen-bond acceptors (Lipinski definition) is 3. The molecule has 1 heterocycles. The molecule has 1 rings (SSSR count). The average Bonchev–Trinajstić information content (AvgIpc) is 2.51. The number of aliphatic hydroxyl groups excluding tert-OH is 1. The van der Waals surface area contributed by atoms with E-state index in [1.54, 1.807) is 0 Å². The summed E-state index contributed by atoms with van der Waals surface area (Å²) in [5.41, 5.74) is 0. The Morgan fingerprint density at radius 2 is 2.25 bits per heavy atom. The molecule has 0 amide bonds. The molecule has 0 bridgehead atoms. The van der Waals surface area contributed by atoms with Gasteiger partial charge in [0.25, 0.3) is 0 Å². The summed E-state index contributed by atoms with van der Waals surface area (Å²) < 4.78 is 0. The maximum Gasteiger partial charge on any atom is 0.0949 e. The SMILES string of the molecule is CC(O)C1CCN(C(C)C#N)C1. The maximum atomic E-state index is 9.31. The normalized spacial score (nSPS) is 29.7. The number of nitriles is 1. The van der Waals surface area contributed by atoms with E-state index in [0.29, 0.717) is 5.92 Å². The van der Waals surface area contributed by atoms with Gasteiger partial charge in [-0.25, -0.2) is 0 Å². The molecule has 1 aliphatic heterocycles. The predicted molar refractivity (Wildman–Crippen MR) is 46.4 cm³/mol. The fourth-order valence-corrected chi connectivity index (χ4v) is 1.64. The van der Waals surface area contributed by atoms with Gasteiger partial charge in [-0.1, -0.05) is 0 Å². The van der Waals surface area contributed by atoms with Crippen molar-refractivity contribution in [2.75, 3.05) is 13.1 Å². The van der Waals surface area contributed by atoms with Crippen LogP contribution in [0.2, 0.25) is 0 Å². The standard InChI is InChI=1S/C9H16N2O/c1-7(5-10)11-4-3-9(6-11)8(2)12/h7-9,12H,3-4,6H2,1-2H3. The Morgan fingerprint density at radius 3 is 2.67 bits per heavy atom. The van der Waals surface area contributed by atoms with Crippen molar-refractivity contribution in [1.29, 1.82) is 5.26 Å². The first-order chi connectivity index (χ1) is 5.65. The van der Waals surface area contributed by atoms with E-state index in [1.807, 2.05) is 13.8 Å². The molecule has 0 aromatic rings. The van der Waals surface area contributed by atoms with Crippen LogP contribution in [-0.4, -0.2) is 35.2 Å². The van der Waals surface area contributed by atoms with E-state index >= 15 is 0 Å². The third kappa shape index (κ3) is 1.96. The predicted octanol–water partition coefficient (Wildman–Crippen LogP) is 0.601. The third-order valence-corrected chi connectivity index (χ3v) is 2.67. The van der Waals surface area contributed by atoms with E-state index in [9.17, 15) is 5.11 Å². The Labute approximate surface area is 73.6 Å². The minimum Gasteiger partial charge on any atom is -0.393 e. The molecule has 0 aromatic heterocycles. The fraction of sp³-hybridized carbons (Fsp3) is 0.889. The molecule has 3 heteroatoms. The Bertz CT molecular complexity index is 185. The summed E-state index contributed by atoms with van der Waals surface area (Å²) in [5, 5.41) is 18.0. The highest BCUT2D eigenvalue weighted by atomic mass is 16.3. The van der Waals surface area contributed by atoms with Crippen molar-refractivity contribution in [3.63, 3.8) is 0 Å². The van der Waals surface area contributed by atoms with Crippen molar-refractivity contribution >= 4 is 0 Å². The molecule has 68 valence electrons. The molecule has 3 unspecified atom stereocenters. The average molecular weight is 168 g/mol. The van der Waals surface area contributed by atoms with Crippen LogP contribution in [0.5, 0.6) is 0 Å². The number of nitrogens with zero attached hydrogens (tertiary/aromatic N) is 2. The monoisotopic (exact) mass is 168 g/mol. The lowest BCUT2D eigenvalue weighted by Gasteiger charge is -2.18. The number of likely N-dealkylation sites (tertiary alicyclic amines) is 1. The summed E-state index contributed by atoms with van der Waals surface area (Å²) in [6, 6.07) is 2.20. The molecule has 3 nitrogen and oxygen atoms in total. The van der Waals surface area contributed by atoms with Crippen LogP contribution >= 0.6 is 0 Å². The van der Waals surface area contributed by atoms with Crippen LogP contribution in [0.3, 0.4) is 0 Å². The lowest BCUT2D eigenvalue weighted by Crippen LogP contribution is -2.31. The summed E-state index contributed by atoms with van der Waals surface area (Å²) in [6.07, 6.45) is 0.782. The van der Waals surface area contributed by atoms with Gasteiger partial charge >= 0.3 is 0 Å². The van der Waals surface area contributed by atoms with Crippen molar-refractivity contribution in [2.45, 2.75) is 32.4 Å². The summed E-state index contributed by atoms with van der Waals surface area (Å²) in [4.78, 5) is 2.12. The van der Waals surface area contributed by atoms with E-state index < -0.39 is 0 Å². The molecule has 1 N–H and O–H groups in total. The van der Waals surface area contributed by atoms with E-state index in [4.69, 9.17) is 5.26 Å².